The predicted molar refractivity (Wildman–Crippen MR) is 88.3 cm³/mol. The maximum Gasteiger partial charge on any atom is 0.255 e. The molecule has 5 heteroatoms. The van der Waals surface area contributed by atoms with E-state index in [4.69, 9.17) is 11.6 Å². The van der Waals surface area contributed by atoms with Crippen LogP contribution in [0.15, 0.2) is 48.5 Å². The largest absolute Gasteiger partial charge is 0.507 e. The number of para-hydroxylation sites is 1. The van der Waals surface area contributed by atoms with Crippen LogP contribution in [0.25, 0.3) is 0 Å². The van der Waals surface area contributed by atoms with Gasteiger partial charge >= 0.3 is 0 Å². The third-order valence-electron chi connectivity index (χ3n) is 3.49. The van der Waals surface area contributed by atoms with Gasteiger partial charge in [0.15, 0.2) is 0 Å². The Morgan fingerprint density at radius 3 is 2.45 bits per heavy atom. The quantitative estimate of drug-likeness (QED) is 0.890. The van der Waals surface area contributed by atoms with E-state index in [0.29, 0.717) is 11.6 Å². The molecule has 22 heavy (non-hydrogen) atoms. The average Bonchev–Trinajstić information content (AvgIpc) is 2.49. The topological polar surface area (TPSA) is 52.6 Å². The molecule has 0 unspecified atom stereocenters. The van der Waals surface area contributed by atoms with Gasteiger partial charge in [0.05, 0.1) is 11.6 Å². The maximum atomic E-state index is 12.2. The minimum atomic E-state index is -0.308. The molecule has 2 rings (SSSR count). The van der Waals surface area contributed by atoms with E-state index < -0.39 is 0 Å². The molecule has 0 fully saturated rings. The highest BCUT2D eigenvalue weighted by molar-refractivity contribution is 6.31. The second-order valence-corrected chi connectivity index (χ2v) is 5.64. The lowest BCUT2D eigenvalue weighted by molar-refractivity contribution is 0.0939. The molecule has 0 bridgehead atoms. The lowest BCUT2D eigenvalue weighted by atomic mass is 10.1. The minimum Gasteiger partial charge on any atom is -0.507 e. The predicted octanol–water partition coefficient (Wildman–Crippen LogP) is 3.08. The zero-order chi connectivity index (χ0) is 16.1. The molecular formula is C17H19ClN2O2. The number of rotatable bonds is 5. The first-order valence-corrected chi connectivity index (χ1v) is 7.35. The molecule has 2 aromatic carbocycles. The maximum absolute atomic E-state index is 12.2. The molecule has 0 aliphatic heterocycles. The van der Waals surface area contributed by atoms with Gasteiger partial charge in [0, 0.05) is 11.6 Å². The highest BCUT2D eigenvalue weighted by Crippen LogP contribution is 2.25. The highest BCUT2D eigenvalue weighted by atomic mass is 35.5. The summed E-state index contributed by atoms with van der Waals surface area (Å²) in [5, 5.41) is 13.2. The summed E-state index contributed by atoms with van der Waals surface area (Å²) in [6.45, 7) is 0.393. The van der Waals surface area contributed by atoms with Gasteiger partial charge in [-0.05, 0) is 37.9 Å². The van der Waals surface area contributed by atoms with E-state index in [1.807, 2.05) is 43.3 Å². The van der Waals surface area contributed by atoms with Crippen molar-refractivity contribution in [2.75, 3.05) is 20.6 Å². The smallest absolute Gasteiger partial charge is 0.255 e. The van der Waals surface area contributed by atoms with Gasteiger partial charge < -0.3 is 15.3 Å². The van der Waals surface area contributed by atoms with Crippen LogP contribution < -0.4 is 5.32 Å². The number of likely N-dealkylation sites (N-methyl/N-ethyl adjacent to an activating group) is 1. The van der Waals surface area contributed by atoms with Crippen LogP contribution in [0.3, 0.4) is 0 Å². The van der Waals surface area contributed by atoms with E-state index in [0.717, 1.165) is 5.56 Å². The van der Waals surface area contributed by atoms with Crippen LogP contribution in [-0.4, -0.2) is 36.6 Å². The lowest BCUT2D eigenvalue weighted by Gasteiger charge is -2.26. The molecule has 0 aromatic heterocycles. The van der Waals surface area contributed by atoms with Crippen molar-refractivity contribution in [3.05, 3.63) is 64.7 Å². The van der Waals surface area contributed by atoms with Gasteiger partial charge in [-0.25, -0.2) is 0 Å². The van der Waals surface area contributed by atoms with Crippen LogP contribution >= 0.6 is 11.6 Å². The van der Waals surface area contributed by atoms with Crippen LogP contribution in [0.2, 0.25) is 5.02 Å². The number of hydrogen-bond donors (Lipinski definition) is 2. The SMILES string of the molecule is CN(C)[C@H](CNC(=O)c1ccccc1O)c1ccccc1Cl. The van der Waals surface area contributed by atoms with Crippen molar-refractivity contribution in [2.24, 2.45) is 0 Å². The Morgan fingerprint density at radius 2 is 1.82 bits per heavy atom. The molecule has 0 saturated heterocycles. The minimum absolute atomic E-state index is 0.0286. The van der Waals surface area contributed by atoms with Crippen LogP contribution in [0, 0.1) is 0 Å². The summed E-state index contributed by atoms with van der Waals surface area (Å²) in [6, 6.07) is 14.0. The normalized spacial score (nSPS) is 12.2. The van der Waals surface area contributed by atoms with Crippen molar-refractivity contribution in [2.45, 2.75) is 6.04 Å². The molecule has 0 radical (unpaired) electrons. The number of nitrogens with one attached hydrogen (secondary N) is 1. The highest BCUT2D eigenvalue weighted by Gasteiger charge is 2.19. The first-order valence-electron chi connectivity index (χ1n) is 6.97. The Balaban J connectivity index is 2.12. The molecule has 116 valence electrons. The molecule has 1 atom stereocenters. The molecule has 2 N–H and O–H groups in total. The summed E-state index contributed by atoms with van der Waals surface area (Å²) >= 11 is 6.24. The van der Waals surface area contributed by atoms with E-state index >= 15 is 0 Å². The molecule has 0 heterocycles. The van der Waals surface area contributed by atoms with Crippen molar-refractivity contribution in [1.29, 1.82) is 0 Å². The number of aromatic hydroxyl groups is 1. The average molecular weight is 319 g/mol. The van der Waals surface area contributed by atoms with E-state index in [2.05, 4.69) is 5.32 Å². The van der Waals surface area contributed by atoms with Gasteiger partial charge in [-0.2, -0.15) is 0 Å². The summed E-state index contributed by atoms with van der Waals surface area (Å²) in [5.74, 6) is -0.337. The van der Waals surface area contributed by atoms with Crippen LogP contribution in [0.5, 0.6) is 5.75 Å². The van der Waals surface area contributed by atoms with Gasteiger partial charge in [-0.3, -0.25) is 4.79 Å². The molecule has 0 aliphatic rings. The molecule has 0 spiro atoms. The van der Waals surface area contributed by atoms with Crippen molar-refractivity contribution < 1.29 is 9.90 Å². The van der Waals surface area contributed by atoms with Crippen molar-refractivity contribution in [3.8, 4) is 5.75 Å². The fraction of sp³-hybridized carbons (Fsp3) is 0.235. The summed E-state index contributed by atoms with van der Waals surface area (Å²) in [6.07, 6.45) is 0. The lowest BCUT2D eigenvalue weighted by Crippen LogP contribution is -2.34. The number of carbonyl (C=O) groups excluding carboxylic acids is 1. The van der Waals surface area contributed by atoms with Crippen LogP contribution in [-0.2, 0) is 0 Å². The summed E-state index contributed by atoms with van der Waals surface area (Å²) in [7, 11) is 3.86. The second kappa shape index (κ2) is 7.29. The monoisotopic (exact) mass is 318 g/mol. The van der Waals surface area contributed by atoms with Gasteiger partial charge in [-0.1, -0.05) is 41.9 Å². The Morgan fingerprint density at radius 1 is 1.18 bits per heavy atom. The molecular weight excluding hydrogens is 300 g/mol. The zero-order valence-corrected chi connectivity index (χ0v) is 13.3. The number of benzene rings is 2. The fourth-order valence-electron chi connectivity index (χ4n) is 2.27. The van der Waals surface area contributed by atoms with Gasteiger partial charge in [0.2, 0.25) is 0 Å². The van der Waals surface area contributed by atoms with E-state index in [-0.39, 0.29) is 23.3 Å². The van der Waals surface area contributed by atoms with Gasteiger partial charge in [0.1, 0.15) is 5.75 Å². The second-order valence-electron chi connectivity index (χ2n) is 5.23. The number of halogens is 1. The molecule has 2 aromatic rings. The van der Waals surface area contributed by atoms with Crippen molar-refractivity contribution >= 4 is 17.5 Å². The summed E-state index contributed by atoms with van der Waals surface area (Å²) in [5.41, 5.74) is 1.21. The molecule has 4 nitrogen and oxygen atoms in total. The standard InChI is InChI=1S/C17H19ClN2O2/c1-20(2)15(12-7-3-5-9-14(12)18)11-19-17(22)13-8-4-6-10-16(13)21/h3-10,15,21H,11H2,1-2H3,(H,19,22)/t15-/m1/s1. The summed E-state index contributed by atoms with van der Waals surface area (Å²) in [4.78, 5) is 14.2. The third-order valence-corrected chi connectivity index (χ3v) is 3.84. The number of amides is 1. The zero-order valence-electron chi connectivity index (χ0n) is 12.6. The van der Waals surface area contributed by atoms with Crippen LogP contribution in [0.4, 0.5) is 0 Å². The van der Waals surface area contributed by atoms with Crippen molar-refractivity contribution in [1.82, 2.24) is 10.2 Å². The number of nitrogens with zero attached hydrogens (tertiary/aromatic N) is 1. The fourth-order valence-corrected chi connectivity index (χ4v) is 2.53. The van der Waals surface area contributed by atoms with E-state index in [1.165, 1.54) is 6.07 Å². The molecule has 0 saturated carbocycles. The van der Waals surface area contributed by atoms with Crippen LogP contribution in [0.1, 0.15) is 22.0 Å². The number of phenols is 1. The number of phenolic OH excluding ortho intramolecular Hbond substituents is 1. The first-order chi connectivity index (χ1) is 10.5. The Bertz CT molecular complexity index is 659. The first kappa shape index (κ1) is 16.3. The Kier molecular flexibility index (Phi) is 5.41. The number of hydrogen-bond acceptors (Lipinski definition) is 3. The van der Waals surface area contributed by atoms with Gasteiger partial charge in [0.25, 0.3) is 5.91 Å². The van der Waals surface area contributed by atoms with E-state index in [9.17, 15) is 9.90 Å². The summed E-state index contributed by atoms with van der Waals surface area (Å²) < 4.78 is 0. The number of carbonyl (C=O) groups is 1. The van der Waals surface area contributed by atoms with Crippen molar-refractivity contribution in [3.63, 3.8) is 0 Å². The molecule has 0 aliphatic carbocycles. The van der Waals surface area contributed by atoms with E-state index in [1.54, 1.807) is 18.2 Å². The molecule has 1 amide bonds. The van der Waals surface area contributed by atoms with Gasteiger partial charge in [-0.15, -0.1) is 0 Å². The Labute approximate surface area is 135 Å². The Hall–Kier alpha value is -2.04. The third kappa shape index (κ3) is 3.78.